The second kappa shape index (κ2) is 8.49. The molecule has 3 aromatic rings. The Balaban J connectivity index is 1.38. The van der Waals surface area contributed by atoms with Crippen LogP contribution in [-0.4, -0.2) is 49.5 Å². The third-order valence-electron chi connectivity index (χ3n) is 5.49. The molecule has 2 heterocycles. The number of H-pyrrole nitrogens is 1. The summed E-state index contributed by atoms with van der Waals surface area (Å²) in [5.41, 5.74) is 3.58. The fraction of sp³-hybridized carbons (Fsp3) is 0.304. The van der Waals surface area contributed by atoms with Crippen LogP contribution in [0.3, 0.4) is 0 Å². The normalized spacial score (nSPS) is 15.8. The highest BCUT2D eigenvalue weighted by atomic mass is 16.5. The molecule has 0 bridgehead atoms. The van der Waals surface area contributed by atoms with Crippen molar-refractivity contribution < 1.29 is 14.3 Å². The van der Waals surface area contributed by atoms with Gasteiger partial charge in [0.05, 0.1) is 19.9 Å². The second-order valence-corrected chi connectivity index (χ2v) is 7.45. The fourth-order valence-electron chi connectivity index (χ4n) is 3.76. The minimum atomic E-state index is -0.0528. The number of aromatic amines is 1. The second-order valence-electron chi connectivity index (χ2n) is 7.45. The van der Waals surface area contributed by atoms with E-state index in [4.69, 9.17) is 9.47 Å². The molecule has 1 atom stereocenters. The number of hydrogen-bond acceptors (Lipinski definition) is 5. The Morgan fingerprint density at radius 3 is 2.53 bits per heavy atom. The Hall–Kier alpha value is -3.48. The summed E-state index contributed by atoms with van der Waals surface area (Å²) >= 11 is 0. The van der Waals surface area contributed by atoms with Crippen LogP contribution in [0, 0.1) is 6.92 Å². The molecule has 0 radical (unpaired) electrons. The molecular weight excluding hydrogens is 380 g/mol. The summed E-state index contributed by atoms with van der Waals surface area (Å²) in [4.78, 5) is 14.9. The van der Waals surface area contributed by atoms with E-state index in [0.717, 1.165) is 53.6 Å². The van der Waals surface area contributed by atoms with Crippen LogP contribution in [-0.2, 0) is 0 Å². The first-order valence-corrected chi connectivity index (χ1v) is 9.97. The molecule has 1 aliphatic heterocycles. The highest BCUT2D eigenvalue weighted by Crippen LogP contribution is 2.26. The number of rotatable bonds is 6. The van der Waals surface area contributed by atoms with E-state index in [9.17, 15) is 4.79 Å². The number of carbonyl (C=O) groups excluding carboxylic acids is 1. The summed E-state index contributed by atoms with van der Waals surface area (Å²) in [6.45, 7) is 3.50. The van der Waals surface area contributed by atoms with E-state index >= 15 is 0 Å². The van der Waals surface area contributed by atoms with Crippen molar-refractivity contribution >= 4 is 11.7 Å². The molecule has 0 spiro atoms. The molecule has 7 nitrogen and oxygen atoms in total. The molecule has 2 aromatic carbocycles. The summed E-state index contributed by atoms with van der Waals surface area (Å²) in [6.07, 6.45) is 0.881. The van der Waals surface area contributed by atoms with Gasteiger partial charge in [0.15, 0.2) is 5.82 Å². The number of anilines is 1. The lowest BCUT2D eigenvalue weighted by Gasteiger charge is -2.16. The first kappa shape index (κ1) is 19.8. The zero-order chi connectivity index (χ0) is 21.1. The third-order valence-corrected chi connectivity index (χ3v) is 5.49. The molecule has 1 aromatic heterocycles. The third kappa shape index (κ3) is 4.10. The van der Waals surface area contributed by atoms with Crippen LogP contribution in [0.1, 0.15) is 22.3 Å². The van der Waals surface area contributed by atoms with E-state index in [1.54, 1.807) is 14.2 Å². The lowest BCUT2D eigenvalue weighted by Crippen LogP contribution is -2.37. The average molecular weight is 406 g/mol. The van der Waals surface area contributed by atoms with Gasteiger partial charge in [-0.25, -0.2) is 0 Å². The molecule has 0 aliphatic carbocycles. The SMILES string of the molecule is COc1ccc(-c2cc(N3CC[C@@H](NC(=O)c4ccc(OC)cc4C)C3)n[nH]2)cc1. The molecule has 30 heavy (non-hydrogen) atoms. The summed E-state index contributed by atoms with van der Waals surface area (Å²) in [6, 6.07) is 15.5. The minimum Gasteiger partial charge on any atom is -0.497 e. The summed E-state index contributed by atoms with van der Waals surface area (Å²) in [5.74, 6) is 2.41. The number of carbonyl (C=O) groups is 1. The molecule has 0 saturated carbocycles. The lowest BCUT2D eigenvalue weighted by molar-refractivity contribution is 0.0939. The Morgan fingerprint density at radius 1 is 1.10 bits per heavy atom. The number of methoxy groups -OCH3 is 2. The van der Waals surface area contributed by atoms with Crippen molar-refractivity contribution in [3.8, 4) is 22.8 Å². The van der Waals surface area contributed by atoms with Gasteiger partial charge in [0.25, 0.3) is 5.91 Å². The predicted octanol–water partition coefficient (Wildman–Crippen LogP) is 3.41. The highest BCUT2D eigenvalue weighted by Gasteiger charge is 2.26. The van der Waals surface area contributed by atoms with Crippen LogP contribution in [0.25, 0.3) is 11.3 Å². The van der Waals surface area contributed by atoms with Crippen LogP contribution >= 0.6 is 0 Å². The summed E-state index contributed by atoms with van der Waals surface area (Å²) in [5, 5.41) is 10.7. The molecular formula is C23H26N4O3. The Morgan fingerprint density at radius 2 is 1.83 bits per heavy atom. The molecule has 0 unspecified atom stereocenters. The van der Waals surface area contributed by atoms with E-state index in [0.29, 0.717) is 5.56 Å². The highest BCUT2D eigenvalue weighted by molar-refractivity contribution is 5.96. The fourth-order valence-corrected chi connectivity index (χ4v) is 3.76. The van der Waals surface area contributed by atoms with Gasteiger partial charge in [-0.15, -0.1) is 0 Å². The van der Waals surface area contributed by atoms with Crippen molar-refractivity contribution in [2.75, 3.05) is 32.2 Å². The molecule has 7 heteroatoms. The van der Waals surface area contributed by atoms with Crippen molar-refractivity contribution in [3.05, 3.63) is 59.7 Å². The first-order chi connectivity index (χ1) is 14.6. The van der Waals surface area contributed by atoms with Crippen molar-refractivity contribution in [2.45, 2.75) is 19.4 Å². The van der Waals surface area contributed by atoms with Gasteiger partial charge in [-0.2, -0.15) is 5.10 Å². The van der Waals surface area contributed by atoms with Crippen LogP contribution in [0.2, 0.25) is 0 Å². The summed E-state index contributed by atoms with van der Waals surface area (Å²) < 4.78 is 10.4. The average Bonchev–Trinajstić information content (AvgIpc) is 3.43. The number of aromatic nitrogens is 2. The standard InChI is InChI=1S/C23H26N4O3/c1-15-12-19(30-3)8-9-20(15)23(28)24-17-10-11-27(14-17)22-13-21(25-26-22)16-4-6-18(29-2)7-5-16/h4-9,12-13,17H,10-11,14H2,1-3H3,(H,24,28)(H,25,26)/t17-/m1/s1. The van der Waals surface area contributed by atoms with Gasteiger partial charge >= 0.3 is 0 Å². The minimum absolute atomic E-state index is 0.0528. The van der Waals surface area contributed by atoms with E-state index in [-0.39, 0.29) is 11.9 Å². The van der Waals surface area contributed by atoms with Gasteiger partial charge in [-0.05, 0) is 66.9 Å². The zero-order valence-electron chi connectivity index (χ0n) is 17.4. The van der Waals surface area contributed by atoms with Crippen molar-refractivity contribution in [2.24, 2.45) is 0 Å². The van der Waals surface area contributed by atoms with E-state index in [1.165, 1.54) is 0 Å². The van der Waals surface area contributed by atoms with Gasteiger partial charge in [0.2, 0.25) is 0 Å². The van der Waals surface area contributed by atoms with Crippen molar-refractivity contribution in [1.29, 1.82) is 0 Å². The smallest absolute Gasteiger partial charge is 0.251 e. The predicted molar refractivity (Wildman–Crippen MR) is 116 cm³/mol. The van der Waals surface area contributed by atoms with E-state index < -0.39 is 0 Å². The van der Waals surface area contributed by atoms with Crippen molar-refractivity contribution in [1.82, 2.24) is 15.5 Å². The molecule has 1 amide bonds. The van der Waals surface area contributed by atoms with Gasteiger partial charge in [-0.1, -0.05) is 0 Å². The topological polar surface area (TPSA) is 79.5 Å². The Bertz CT molecular complexity index is 1030. The van der Waals surface area contributed by atoms with Gasteiger partial charge in [-0.3, -0.25) is 9.89 Å². The van der Waals surface area contributed by atoms with E-state index in [2.05, 4.69) is 20.4 Å². The largest absolute Gasteiger partial charge is 0.497 e. The molecule has 1 aliphatic rings. The number of amides is 1. The monoisotopic (exact) mass is 406 g/mol. The first-order valence-electron chi connectivity index (χ1n) is 9.97. The molecule has 156 valence electrons. The molecule has 1 saturated heterocycles. The maximum atomic E-state index is 12.7. The van der Waals surface area contributed by atoms with Crippen molar-refractivity contribution in [3.63, 3.8) is 0 Å². The quantitative estimate of drug-likeness (QED) is 0.656. The Kier molecular flexibility index (Phi) is 5.61. The number of ether oxygens (including phenoxy) is 2. The molecule has 1 fully saturated rings. The zero-order valence-corrected chi connectivity index (χ0v) is 17.4. The summed E-state index contributed by atoms with van der Waals surface area (Å²) in [7, 11) is 3.28. The van der Waals surface area contributed by atoms with E-state index in [1.807, 2.05) is 55.5 Å². The number of benzene rings is 2. The van der Waals surface area contributed by atoms with Gasteiger partial charge in [0.1, 0.15) is 11.5 Å². The van der Waals surface area contributed by atoms with Crippen LogP contribution < -0.4 is 19.7 Å². The van der Waals surface area contributed by atoms with Crippen LogP contribution in [0.4, 0.5) is 5.82 Å². The van der Waals surface area contributed by atoms with Crippen LogP contribution in [0.5, 0.6) is 11.5 Å². The number of aryl methyl sites for hydroxylation is 1. The Labute approximate surface area is 176 Å². The maximum Gasteiger partial charge on any atom is 0.251 e. The number of hydrogen-bond donors (Lipinski definition) is 2. The molecule has 2 N–H and O–H groups in total. The molecule has 4 rings (SSSR count). The number of nitrogens with one attached hydrogen (secondary N) is 2. The van der Waals surface area contributed by atoms with Crippen LogP contribution in [0.15, 0.2) is 48.5 Å². The maximum absolute atomic E-state index is 12.7. The number of nitrogens with zero attached hydrogens (tertiary/aromatic N) is 2. The van der Waals surface area contributed by atoms with Gasteiger partial charge < -0.3 is 19.7 Å². The lowest BCUT2D eigenvalue weighted by atomic mass is 10.1. The van der Waals surface area contributed by atoms with Gasteiger partial charge in [0, 0.05) is 30.8 Å².